The van der Waals surface area contributed by atoms with E-state index in [9.17, 15) is 4.79 Å². The van der Waals surface area contributed by atoms with E-state index < -0.39 is 0 Å². The van der Waals surface area contributed by atoms with E-state index in [1.54, 1.807) is 0 Å². The average molecular weight is 229 g/mol. The van der Waals surface area contributed by atoms with Crippen molar-refractivity contribution in [3.05, 3.63) is 0 Å². The fourth-order valence-corrected chi connectivity index (χ4v) is 1.92. The molecular weight excluding hydrogens is 206 g/mol. The smallest absolute Gasteiger partial charge is 0.309 e. The molecule has 1 aliphatic rings. The standard InChI is InChI=1S/C12H23NO3/c1-9(11(14)15-4)10(2)13-8-12(3)6-5-7-16-12/h9-10,13H,5-8H2,1-4H3. The van der Waals surface area contributed by atoms with E-state index in [4.69, 9.17) is 9.47 Å². The van der Waals surface area contributed by atoms with Gasteiger partial charge in [-0.05, 0) is 26.7 Å². The maximum atomic E-state index is 11.3. The molecule has 0 bridgehead atoms. The van der Waals surface area contributed by atoms with E-state index >= 15 is 0 Å². The summed E-state index contributed by atoms with van der Waals surface area (Å²) in [4.78, 5) is 11.3. The minimum absolute atomic E-state index is 0.0654. The number of nitrogens with one attached hydrogen (secondary N) is 1. The van der Waals surface area contributed by atoms with Crippen LogP contribution in [0.1, 0.15) is 33.6 Å². The van der Waals surface area contributed by atoms with Gasteiger partial charge in [0, 0.05) is 19.2 Å². The van der Waals surface area contributed by atoms with Gasteiger partial charge < -0.3 is 14.8 Å². The van der Waals surface area contributed by atoms with Crippen molar-refractivity contribution >= 4 is 5.97 Å². The van der Waals surface area contributed by atoms with Crippen molar-refractivity contribution in [3.63, 3.8) is 0 Å². The summed E-state index contributed by atoms with van der Waals surface area (Å²) >= 11 is 0. The van der Waals surface area contributed by atoms with Crippen LogP contribution in [0.2, 0.25) is 0 Å². The number of esters is 1. The molecule has 94 valence electrons. The van der Waals surface area contributed by atoms with Gasteiger partial charge in [-0.3, -0.25) is 4.79 Å². The lowest BCUT2D eigenvalue weighted by molar-refractivity contribution is -0.145. The summed E-state index contributed by atoms with van der Waals surface area (Å²) in [5.41, 5.74) is -0.0654. The second-order valence-electron chi connectivity index (χ2n) is 4.88. The van der Waals surface area contributed by atoms with Crippen molar-refractivity contribution in [3.8, 4) is 0 Å². The van der Waals surface area contributed by atoms with Crippen molar-refractivity contribution in [2.45, 2.75) is 45.3 Å². The SMILES string of the molecule is COC(=O)C(C)C(C)NCC1(C)CCCO1. The Bertz CT molecular complexity index is 236. The summed E-state index contributed by atoms with van der Waals surface area (Å²) in [6.07, 6.45) is 2.21. The minimum atomic E-state index is -0.169. The van der Waals surface area contributed by atoms with Crippen LogP contribution in [-0.2, 0) is 14.3 Å². The molecule has 4 heteroatoms. The molecule has 1 heterocycles. The van der Waals surface area contributed by atoms with Gasteiger partial charge in [-0.1, -0.05) is 6.92 Å². The summed E-state index contributed by atoms with van der Waals surface area (Å²) in [5.74, 6) is -0.299. The van der Waals surface area contributed by atoms with Crippen LogP contribution >= 0.6 is 0 Å². The number of rotatable bonds is 5. The first kappa shape index (κ1) is 13.5. The normalized spacial score (nSPS) is 28.8. The molecule has 0 amide bonds. The zero-order chi connectivity index (χ0) is 12.2. The minimum Gasteiger partial charge on any atom is -0.469 e. The zero-order valence-electron chi connectivity index (χ0n) is 10.7. The summed E-state index contributed by atoms with van der Waals surface area (Å²) in [7, 11) is 1.42. The molecule has 1 rings (SSSR count). The first-order valence-electron chi connectivity index (χ1n) is 5.94. The van der Waals surface area contributed by atoms with Crippen LogP contribution in [0.4, 0.5) is 0 Å². The maximum absolute atomic E-state index is 11.3. The van der Waals surface area contributed by atoms with Gasteiger partial charge in [0.1, 0.15) is 0 Å². The molecule has 3 atom stereocenters. The Morgan fingerprint density at radius 2 is 2.25 bits per heavy atom. The van der Waals surface area contributed by atoms with Gasteiger partial charge in [0.25, 0.3) is 0 Å². The number of hydrogen-bond acceptors (Lipinski definition) is 4. The summed E-state index contributed by atoms with van der Waals surface area (Å²) < 4.78 is 10.4. The van der Waals surface area contributed by atoms with Gasteiger partial charge in [-0.15, -0.1) is 0 Å². The Morgan fingerprint density at radius 3 is 2.75 bits per heavy atom. The summed E-state index contributed by atoms with van der Waals surface area (Å²) in [6.45, 7) is 7.62. The first-order valence-corrected chi connectivity index (χ1v) is 5.94. The summed E-state index contributed by atoms with van der Waals surface area (Å²) in [5, 5.41) is 3.35. The van der Waals surface area contributed by atoms with E-state index in [2.05, 4.69) is 12.2 Å². The molecule has 0 spiro atoms. The Balaban J connectivity index is 2.34. The molecular formula is C12H23NO3. The molecule has 16 heavy (non-hydrogen) atoms. The van der Waals surface area contributed by atoms with E-state index in [-0.39, 0.29) is 23.5 Å². The van der Waals surface area contributed by atoms with E-state index in [1.165, 1.54) is 7.11 Å². The predicted octanol–water partition coefficient (Wildman–Crippen LogP) is 1.34. The second kappa shape index (κ2) is 5.64. The topological polar surface area (TPSA) is 47.6 Å². The molecule has 0 aromatic carbocycles. The number of methoxy groups -OCH3 is 1. The van der Waals surface area contributed by atoms with E-state index in [0.29, 0.717) is 0 Å². The van der Waals surface area contributed by atoms with Crippen molar-refractivity contribution in [2.75, 3.05) is 20.3 Å². The molecule has 1 aliphatic heterocycles. The molecule has 0 saturated carbocycles. The molecule has 0 radical (unpaired) electrons. The van der Waals surface area contributed by atoms with Crippen molar-refractivity contribution in [1.82, 2.24) is 5.32 Å². The predicted molar refractivity (Wildman–Crippen MR) is 62.2 cm³/mol. The van der Waals surface area contributed by atoms with Crippen LogP contribution in [0.25, 0.3) is 0 Å². The highest BCUT2D eigenvalue weighted by Gasteiger charge is 2.31. The molecule has 0 aromatic rings. The molecule has 1 saturated heterocycles. The highest BCUT2D eigenvalue weighted by molar-refractivity contribution is 5.72. The molecule has 0 aliphatic carbocycles. The molecule has 1 N–H and O–H groups in total. The largest absolute Gasteiger partial charge is 0.469 e. The Hall–Kier alpha value is -0.610. The first-order chi connectivity index (χ1) is 7.48. The van der Waals surface area contributed by atoms with Gasteiger partial charge in [0.2, 0.25) is 0 Å². The van der Waals surface area contributed by atoms with E-state index in [0.717, 1.165) is 26.0 Å². The lowest BCUT2D eigenvalue weighted by atomic mass is 10.00. The van der Waals surface area contributed by atoms with Gasteiger partial charge >= 0.3 is 5.97 Å². The lowest BCUT2D eigenvalue weighted by Crippen LogP contribution is -2.45. The number of carbonyl (C=O) groups excluding carboxylic acids is 1. The van der Waals surface area contributed by atoms with E-state index in [1.807, 2.05) is 13.8 Å². The Labute approximate surface area is 97.7 Å². The molecule has 0 aromatic heterocycles. The van der Waals surface area contributed by atoms with Crippen LogP contribution in [0.3, 0.4) is 0 Å². The van der Waals surface area contributed by atoms with Gasteiger partial charge in [-0.25, -0.2) is 0 Å². The van der Waals surface area contributed by atoms with Crippen molar-refractivity contribution in [1.29, 1.82) is 0 Å². The maximum Gasteiger partial charge on any atom is 0.309 e. The monoisotopic (exact) mass is 229 g/mol. The average Bonchev–Trinajstić information content (AvgIpc) is 2.71. The third kappa shape index (κ3) is 3.46. The number of ether oxygens (including phenoxy) is 2. The number of hydrogen-bond donors (Lipinski definition) is 1. The van der Waals surface area contributed by atoms with Gasteiger partial charge in [0.05, 0.1) is 18.6 Å². The Kier molecular flexibility index (Phi) is 4.74. The van der Waals surface area contributed by atoms with Crippen molar-refractivity contribution in [2.24, 2.45) is 5.92 Å². The molecule has 4 nitrogen and oxygen atoms in total. The van der Waals surface area contributed by atoms with Gasteiger partial charge in [-0.2, -0.15) is 0 Å². The fraction of sp³-hybridized carbons (Fsp3) is 0.917. The third-order valence-corrected chi connectivity index (χ3v) is 3.42. The highest BCUT2D eigenvalue weighted by atomic mass is 16.5. The van der Waals surface area contributed by atoms with Crippen LogP contribution in [0.15, 0.2) is 0 Å². The van der Waals surface area contributed by atoms with Gasteiger partial charge in [0.15, 0.2) is 0 Å². The second-order valence-corrected chi connectivity index (χ2v) is 4.88. The van der Waals surface area contributed by atoms with Crippen molar-refractivity contribution < 1.29 is 14.3 Å². The fourth-order valence-electron chi connectivity index (χ4n) is 1.92. The lowest BCUT2D eigenvalue weighted by Gasteiger charge is -2.27. The molecule has 3 unspecified atom stereocenters. The van der Waals surface area contributed by atoms with Crippen LogP contribution in [-0.4, -0.2) is 37.9 Å². The molecule has 1 fully saturated rings. The zero-order valence-corrected chi connectivity index (χ0v) is 10.7. The quantitative estimate of drug-likeness (QED) is 0.723. The third-order valence-electron chi connectivity index (χ3n) is 3.42. The highest BCUT2D eigenvalue weighted by Crippen LogP contribution is 2.24. The van der Waals surface area contributed by atoms with Crippen LogP contribution in [0.5, 0.6) is 0 Å². The number of carbonyl (C=O) groups is 1. The summed E-state index contributed by atoms with van der Waals surface area (Å²) in [6, 6.07) is 0.105. The van der Waals surface area contributed by atoms with Crippen LogP contribution < -0.4 is 5.32 Å². The van der Waals surface area contributed by atoms with Crippen LogP contribution in [0, 0.1) is 5.92 Å². The Morgan fingerprint density at radius 1 is 1.56 bits per heavy atom.